The summed E-state index contributed by atoms with van der Waals surface area (Å²) in [5, 5.41) is 11.9. The molecule has 0 aromatic heterocycles. The molecule has 0 bridgehead atoms. The minimum atomic E-state index is -1.45. The molecule has 0 saturated heterocycles. The molecule has 0 spiro atoms. The van der Waals surface area contributed by atoms with Gasteiger partial charge in [-0.25, -0.2) is 0 Å². The van der Waals surface area contributed by atoms with Crippen molar-refractivity contribution in [1.82, 2.24) is 0 Å². The Bertz CT molecular complexity index is 602. The van der Waals surface area contributed by atoms with E-state index in [1.807, 2.05) is 0 Å². The van der Waals surface area contributed by atoms with Crippen molar-refractivity contribution >= 4 is 12.6 Å². The molecule has 2 unspecified atom stereocenters. The van der Waals surface area contributed by atoms with Crippen molar-refractivity contribution in [2.45, 2.75) is 264 Å². The Labute approximate surface area is 315 Å². The maximum atomic E-state index is 11.9. The molecule has 0 aromatic carbocycles. The van der Waals surface area contributed by atoms with Crippen LogP contribution in [0.5, 0.6) is 0 Å². The SMILES string of the molecule is CCCCCCCCCCCCCCOC(O)(OCCCCCCCCCCCC)C(CCCS)CCCCCCCCCCCCCC. The highest BCUT2D eigenvalue weighted by molar-refractivity contribution is 7.80. The summed E-state index contributed by atoms with van der Waals surface area (Å²) in [6, 6.07) is 0. The summed E-state index contributed by atoms with van der Waals surface area (Å²) >= 11 is 4.52. The zero-order valence-electron chi connectivity index (χ0n) is 34.1. The molecule has 296 valence electrons. The highest BCUT2D eigenvalue weighted by atomic mass is 32.1. The molecule has 0 fully saturated rings. The fraction of sp³-hybridized carbons (Fsp3) is 1.00. The fourth-order valence-corrected chi connectivity index (χ4v) is 7.51. The number of aliphatic hydroxyl groups is 1. The molecule has 0 aromatic rings. The summed E-state index contributed by atoms with van der Waals surface area (Å²) in [6.45, 7) is 8.07. The second-order valence-corrected chi connectivity index (χ2v) is 16.1. The number of rotatable bonds is 43. The lowest BCUT2D eigenvalue weighted by Gasteiger charge is -2.36. The molecule has 3 nitrogen and oxygen atoms in total. The van der Waals surface area contributed by atoms with Crippen LogP contribution in [0.15, 0.2) is 0 Å². The fourth-order valence-electron chi connectivity index (χ4n) is 7.33. The molecule has 0 aliphatic carbocycles. The van der Waals surface area contributed by atoms with Crippen LogP contribution in [-0.4, -0.2) is 30.0 Å². The highest BCUT2D eigenvalue weighted by Gasteiger charge is 2.38. The molecule has 0 saturated carbocycles. The van der Waals surface area contributed by atoms with Crippen LogP contribution in [-0.2, 0) is 9.47 Å². The molecule has 2 atom stereocenters. The third-order valence-electron chi connectivity index (χ3n) is 10.7. The largest absolute Gasteiger partial charge is 0.343 e. The maximum Gasteiger partial charge on any atom is 0.283 e. The van der Waals surface area contributed by atoms with Crippen molar-refractivity contribution in [3.63, 3.8) is 0 Å². The molecular weight excluding hydrogens is 621 g/mol. The molecule has 49 heavy (non-hydrogen) atoms. The quantitative estimate of drug-likeness (QED) is 0.0375. The van der Waals surface area contributed by atoms with Gasteiger partial charge in [0.15, 0.2) is 0 Å². The number of unbranched alkanes of at least 4 members (excludes halogenated alkanes) is 31. The van der Waals surface area contributed by atoms with Crippen LogP contribution in [0, 0.1) is 5.92 Å². The van der Waals surface area contributed by atoms with Crippen LogP contribution in [0.3, 0.4) is 0 Å². The second-order valence-electron chi connectivity index (χ2n) is 15.6. The molecule has 0 aliphatic heterocycles. The van der Waals surface area contributed by atoms with E-state index >= 15 is 0 Å². The summed E-state index contributed by atoms with van der Waals surface area (Å²) in [5.74, 6) is -0.566. The van der Waals surface area contributed by atoms with E-state index in [1.54, 1.807) is 0 Å². The Hall–Kier alpha value is 0.230. The number of ether oxygens (including phenoxy) is 2. The van der Waals surface area contributed by atoms with Gasteiger partial charge < -0.3 is 14.6 Å². The molecule has 0 aliphatic rings. The first-order valence-electron chi connectivity index (χ1n) is 22.8. The summed E-state index contributed by atoms with van der Waals surface area (Å²) in [7, 11) is 0. The summed E-state index contributed by atoms with van der Waals surface area (Å²) < 4.78 is 12.7. The van der Waals surface area contributed by atoms with Gasteiger partial charge in [-0.05, 0) is 37.9 Å². The van der Waals surface area contributed by atoms with Gasteiger partial charge in [-0.15, -0.1) is 0 Å². The topological polar surface area (TPSA) is 38.7 Å². The second kappa shape index (κ2) is 41.0. The van der Waals surface area contributed by atoms with Crippen molar-refractivity contribution in [3.8, 4) is 0 Å². The summed E-state index contributed by atoms with van der Waals surface area (Å²) in [5.41, 5.74) is 0. The summed E-state index contributed by atoms with van der Waals surface area (Å²) in [6.07, 6.45) is 48.2. The molecule has 1 N–H and O–H groups in total. The van der Waals surface area contributed by atoms with E-state index in [2.05, 4.69) is 33.4 Å². The zero-order valence-corrected chi connectivity index (χ0v) is 35.0. The first kappa shape index (κ1) is 49.2. The molecule has 0 heterocycles. The van der Waals surface area contributed by atoms with Crippen molar-refractivity contribution in [2.24, 2.45) is 5.92 Å². The summed E-state index contributed by atoms with van der Waals surface area (Å²) in [4.78, 5) is 0. The van der Waals surface area contributed by atoms with Crippen molar-refractivity contribution in [3.05, 3.63) is 0 Å². The van der Waals surface area contributed by atoms with Gasteiger partial charge in [0.05, 0.1) is 13.2 Å². The minimum Gasteiger partial charge on any atom is -0.343 e. The van der Waals surface area contributed by atoms with E-state index in [1.165, 1.54) is 199 Å². The minimum absolute atomic E-state index is 0.0308. The monoisotopic (exact) mass is 713 g/mol. The van der Waals surface area contributed by atoms with Crippen molar-refractivity contribution < 1.29 is 14.6 Å². The predicted molar refractivity (Wildman–Crippen MR) is 222 cm³/mol. The van der Waals surface area contributed by atoms with Crippen LogP contribution >= 0.6 is 12.6 Å². The molecule has 0 amide bonds. The van der Waals surface area contributed by atoms with E-state index in [-0.39, 0.29) is 5.92 Å². The van der Waals surface area contributed by atoms with E-state index in [4.69, 9.17) is 9.47 Å². The van der Waals surface area contributed by atoms with Gasteiger partial charge in [-0.3, -0.25) is 0 Å². The van der Waals surface area contributed by atoms with E-state index in [9.17, 15) is 5.11 Å². The number of hydrogen-bond acceptors (Lipinski definition) is 4. The Morgan fingerprint density at radius 1 is 0.367 bits per heavy atom. The Morgan fingerprint density at radius 3 is 0.898 bits per heavy atom. The lowest BCUT2D eigenvalue weighted by atomic mass is 9.93. The van der Waals surface area contributed by atoms with E-state index in [0.29, 0.717) is 13.2 Å². The Morgan fingerprint density at radius 2 is 0.612 bits per heavy atom. The van der Waals surface area contributed by atoms with Gasteiger partial charge >= 0.3 is 0 Å². The number of hydrogen-bond donors (Lipinski definition) is 2. The molecular formula is C45H92O3S. The lowest BCUT2D eigenvalue weighted by Crippen LogP contribution is -2.44. The average Bonchev–Trinajstić information content (AvgIpc) is 3.11. The van der Waals surface area contributed by atoms with Crippen molar-refractivity contribution in [2.75, 3.05) is 19.0 Å². The highest BCUT2D eigenvalue weighted by Crippen LogP contribution is 2.32. The first-order valence-corrected chi connectivity index (χ1v) is 23.4. The van der Waals surface area contributed by atoms with Gasteiger partial charge in [0.25, 0.3) is 5.97 Å². The zero-order chi connectivity index (χ0) is 35.8. The van der Waals surface area contributed by atoms with Gasteiger partial charge in [-0.2, -0.15) is 12.6 Å². The van der Waals surface area contributed by atoms with Crippen LogP contribution in [0.1, 0.15) is 258 Å². The van der Waals surface area contributed by atoms with Crippen LogP contribution in [0.4, 0.5) is 0 Å². The molecule has 4 heteroatoms. The molecule has 0 radical (unpaired) electrons. The lowest BCUT2D eigenvalue weighted by molar-refractivity contribution is -0.388. The van der Waals surface area contributed by atoms with Crippen LogP contribution in [0.2, 0.25) is 0 Å². The van der Waals surface area contributed by atoms with Gasteiger partial charge in [0.2, 0.25) is 0 Å². The van der Waals surface area contributed by atoms with E-state index in [0.717, 1.165) is 44.3 Å². The van der Waals surface area contributed by atoms with Gasteiger partial charge in [-0.1, -0.05) is 226 Å². The first-order chi connectivity index (χ1) is 24.1. The maximum absolute atomic E-state index is 11.9. The molecule has 0 rings (SSSR count). The normalized spacial score (nSPS) is 13.7. The van der Waals surface area contributed by atoms with Gasteiger partial charge in [0.1, 0.15) is 0 Å². The predicted octanol–water partition coefficient (Wildman–Crippen LogP) is 15.7. The van der Waals surface area contributed by atoms with Crippen molar-refractivity contribution in [1.29, 1.82) is 0 Å². The van der Waals surface area contributed by atoms with Crippen LogP contribution < -0.4 is 0 Å². The standard InChI is InChI=1S/C45H92O3S/c1-4-7-10-13-16-19-22-24-26-29-32-35-39-44(40-38-43-49)45(46,47-41-36-33-30-27-21-18-15-12-9-6-3)48-42-37-34-31-28-25-23-20-17-14-11-8-5-2/h44,46,49H,4-43H2,1-3H3. The Kier molecular flexibility index (Phi) is 41.2. The van der Waals surface area contributed by atoms with Crippen LogP contribution in [0.25, 0.3) is 0 Å². The smallest absolute Gasteiger partial charge is 0.283 e. The third kappa shape index (κ3) is 35.0. The Balaban J connectivity index is 4.58. The number of thiol groups is 1. The third-order valence-corrected chi connectivity index (χ3v) is 11.1. The van der Waals surface area contributed by atoms with Gasteiger partial charge in [0, 0.05) is 5.92 Å². The van der Waals surface area contributed by atoms with E-state index < -0.39 is 5.97 Å². The average molecular weight is 713 g/mol.